The van der Waals surface area contributed by atoms with E-state index in [0.29, 0.717) is 0 Å². The number of hydrogen-bond donors (Lipinski definition) is 0. The Balaban J connectivity index is 1.60. The first kappa shape index (κ1) is 17.5. The summed E-state index contributed by atoms with van der Waals surface area (Å²) in [5, 5.41) is 0. The van der Waals surface area contributed by atoms with Crippen LogP contribution in [0.4, 0.5) is 0 Å². The van der Waals surface area contributed by atoms with Gasteiger partial charge in [-0.15, -0.1) is 0 Å². The summed E-state index contributed by atoms with van der Waals surface area (Å²) in [6.07, 6.45) is 6.35. The maximum absolute atomic E-state index is 5.90. The van der Waals surface area contributed by atoms with Crippen molar-refractivity contribution >= 4 is 0 Å². The summed E-state index contributed by atoms with van der Waals surface area (Å²) in [5.74, 6) is 8.07. The van der Waals surface area contributed by atoms with E-state index in [2.05, 4.69) is 27.8 Å². The highest BCUT2D eigenvalue weighted by Gasteiger charge is 2.08. The number of ether oxygens (including phenoxy) is 2. The smallest absolute Gasteiger partial charge is 0.145 e. The summed E-state index contributed by atoms with van der Waals surface area (Å²) in [5.41, 5.74) is 2.04. The van der Waals surface area contributed by atoms with Gasteiger partial charge in [-0.05, 0) is 42.3 Å². The molecule has 0 saturated carbocycles. The third-order valence-electron chi connectivity index (χ3n) is 4.07. The number of nitrogens with zero attached hydrogens (tertiary/aromatic N) is 2. The molecule has 0 amide bonds. The zero-order valence-electron chi connectivity index (χ0n) is 14.6. The second-order valence-electron chi connectivity index (χ2n) is 5.84. The number of pyridine rings is 1. The lowest BCUT2D eigenvalue weighted by Gasteiger charge is -2.25. The number of hydrogen-bond acceptors (Lipinski definition) is 4. The van der Waals surface area contributed by atoms with E-state index in [4.69, 9.17) is 9.47 Å². The Kier molecular flexibility index (Phi) is 6.44. The molecular formula is C21H23N2O2. The summed E-state index contributed by atoms with van der Waals surface area (Å²) in [6.45, 7) is 6.70. The summed E-state index contributed by atoms with van der Waals surface area (Å²) in [6, 6.07) is 9.78. The molecule has 129 valence electrons. The Hall–Kier alpha value is -2.35. The van der Waals surface area contributed by atoms with Crippen molar-refractivity contribution in [1.82, 2.24) is 9.88 Å². The molecule has 0 atom stereocenters. The maximum Gasteiger partial charge on any atom is 0.145 e. The van der Waals surface area contributed by atoms with E-state index >= 15 is 0 Å². The van der Waals surface area contributed by atoms with E-state index in [1.54, 1.807) is 12.4 Å². The molecule has 4 nitrogen and oxygen atoms in total. The van der Waals surface area contributed by atoms with E-state index < -0.39 is 0 Å². The molecule has 1 saturated heterocycles. The molecule has 4 heteroatoms. The van der Waals surface area contributed by atoms with E-state index in [9.17, 15) is 0 Å². The standard InChI is InChI=1S/C21H23N2O2/c1-2-19-16-18(6-3-4-11-23-12-14-24-15-13-23)8-9-21(19)25-20-7-5-10-22-17-20/h2,5,7-10,16-17H,4,11-15H2,1H3. The summed E-state index contributed by atoms with van der Waals surface area (Å²) in [4.78, 5) is 6.47. The number of morpholine rings is 1. The second-order valence-corrected chi connectivity index (χ2v) is 5.84. The third kappa shape index (κ3) is 5.32. The minimum absolute atomic E-state index is 0.731. The average molecular weight is 335 g/mol. The van der Waals surface area contributed by atoms with Crippen LogP contribution < -0.4 is 4.74 Å². The van der Waals surface area contributed by atoms with Gasteiger partial charge in [-0.25, -0.2) is 0 Å². The van der Waals surface area contributed by atoms with Crippen molar-refractivity contribution in [1.29, 1.82) is 0 Å². The average Bonchev–Trinajstić information content (AvgIpc) is 2.68. The van der Waals surface area contributed by atoms with Gasteiger partial charge in [-0.1, -0.05) is 18.8 Å². The normalized spacial score (nSPS) is 14.6. The molecule has 1 fully saturated rings. The van der Waals surface area contributed by atoms with Gasteiger partial charge in [0.15, 0.2) is 0 Å². The summed E-state index contributed by atoms with van der Waals surface area (Å²) >= 11 is 0. The SMILES string of the molecule is C[CH]c1cc(C#CCCN2CCOCC2)ccc1Oc1cccnc1. The molecular weight excluding hydrogens is 312 g/mol. The molecule has 0 N–H and O–H groups in total. The number of rotatable bonds is 5. The van der Waals surface area contributed by atoms with E-state index in [0.717, 1.165) is 61.9 Å². The van der Waals surface area contributed by atoms with Crippen molar-refractivity contribution in [3.8, 4) is 23.3 Å². The molecule has 0 bridgehead atoms. The molecule has 2 aromatic rings. The van der Waals surface area contributed by atoms with Gasteiger partial charge < -0.3 is 9.47 Å². The molecule has 0 spiro atoms. The lowest BCUT2D eigenvalue weighted by molar-refractivity contribution is 0.0390. The lowest BCUT2D eigenvalue weighted by atomic mass is 10.1. The second kappa shape index (κ2) is 9.22. The quantitative estimate of drug-likeness (QED) is 0.783. The van der Waals surface area contributed by atoms with E-state index in [-0.39, 0.29) is 0 Å². The predicted octanol–water partition coefficient (Wildman–Crippen LogP) is 3.52. The number of aromatic nitrogens is 1. The fourth-order valence-electron chi connectivity index (χ4n) is 2.68. The molecule has 1 radical (unpaired) electrons. The zero-order valence-corrected chi connectivity index (χ0v) is 14.6. The molecule has 2 heterocycles. The molecule has 3 rings (SSSR count). The fraction of sp³-hybridized carbons (Fsp3) is 0.333. The van der Waals surface area contributed by atoms with Gasteiger partial charge in [-0.3, -0.25) is 9.88 Å². The van der Waals surface area contributed by atoms with Crippen LogP contribution in [0.3, 0.4) is 0 Å². The third-order valence-corrected chi connectivity index (χ3v) is 4.07. The first-order chi connectivity index (χ1) is 12.3. The van der Waals surface area contributed by atoms with Crippen LogP contribution >= 0.6 is 0 Å². The van der Waals surface area contributed by atoms with E-state index in [1.807, 2.05) is 37.6 Å². The van der Waals surface area contributed by atoms with Crippen molar-refractivity contribution in [2.24, 2.45) is 0 Å². The molecule has 25 heavy (non-hydrogen) atoms. The number of benzene rings is 1. The molecule has 1 aromatic heterocycles. The van der Waals surface area contributed by atoms with Crippen LogP contribution in [-0.2, 0) is 4.74 Å². The van der Waals surface area contributed by atoms with Gasteiger partial charge in [0.05, 0.1) is 19.4 Å². The Morgan fingerprint density at radius 1 is 1.28 bits per heavy atom. The first-order valence-corrected chi connectivity index (χ1v) is 8.65. The van der Waals surface area contributed by atoms with Crippen LogP contribution in [-0.4, -0.2) is 42.7 Å². The van der Waals surface area contributed by atoms with Gasteiger partial charge in [0.2, 0.25) is 0 Å². The molecule has 1 aliphatic heterocycles. The highest BCUT2D eigenvalue weighted by molar-refractivity contribution is 5.48. The fourth-order valence-corrected chi connectivity index (χ4v) is 2.68. The Bertz CT molecular complexity index is 729. The van der Waals surface area contributed by atoms with Crippen molar-refractivity contribution in [2.45, 2.75) is 13.3 Å². The van der Waals surface area contributed by atoms with Gasteiger partial charge in [-0.2, -0.15) is 0 Å². The van der Waals surface area contributed by atoms with Crippen molar-refractivity contribution in [2.75, 3.05) is 32.8 Å². The van der Waals surface area contributed by atoms with Crippen LogP contribution in [0.15, 0.2) is 42.7 Å². The Morgan fingerprint density at radius 3 is 2.92 bits per heavy atom. The Morgan fingerprint density at radius 2 is 2.16 bits per heavy atom. The van der Waals surface area contributed by atoms with Crippen molar-refractivity contribution in [3.05, 3.63) is 60.3 Å². The topological polar surface area (TPSA) is 34.6 Å². The summed E-state index contributed by atoms with van der Waals surface area (Å²) in [7, 11) is 0. The van der Waals surface area contributed by atoms with Crippen LogP contribution in [0.2, 0.25) is 0 Å². The van der Waals surface area contributed by atoms with Crippen molar-refractivity contribution < 1.29 is 9.47 Å². The van der Waals surface area contributed by atoms with E-state index in [1.165, 1.54) is 0 Å². The van der Waals surface area contributed by atoms with Gasteiger partial charge in [0, 0.05) is 37.8 Å². The largest absolute Gasteiger partial charge is 0.455 e. The van der Waals surface area contributed by atoms with Gasteiger partial charge in [0.25, 0.3) is 0 Å². The lowest BCUT2D eigenvalue weighted by Crippen LogP contribution is -2.36. The molecule has 1 aliphatic rings. The van der Waals surface area contributed by atoms with Crippen LogP contribution in [0.25, 0.3) is 0 Å². The maximum atomic E-state index is 5.90. The van der Waals surface area contributed by atoms with Crippen molar-refractivity contribution in [3.63, 3.8) is 0 Å². The Labute approximate surface area is 149 Å². The highest BCUT2D eigenvalue weighted by atomic mass is 16.5. The van der Waals surface area contributed by atoms with Crippen LogP contribution in [0.5, 0.6) is 11.5 Å². The van der Waals surface area contributed by atoms with Gasteiger partial charge >= 0.3 is 0 Å². The predicted molar refractivity (Wildman–Crippen MR) is 98.6 cm³/mol. The molecule has 1 aromatic carbocycles. The van der Waals surface area contributed by atoms with Crippen LogP contribution in [0.1, 0.15) is 24.5 Å². The minimum atomic E-state index is 0.731. The molecule has 0 aliphatic carbocycles. The monoisotopic (exact) mass is 335 g/mol. The molecule has 0 unspecified atom stereocenters. The highest BCUT2D eigenvalue weighted by Crippen LogP contribution is 2.26. The summed E-state index contributed by atoms with van der Waals surface area (Å²) < 4.78 is 11.3. The zero-order chi connectivity index (χ0) is 17.3. The first-order valence-electron chi connectivity index (χ1n) is 8.65. The minimum Gasteiger partial charge on any atom is -0.455 e. The van der Waals surface area contributed by atoms with Gasteiger partial charge in [0.1, 0.15) is 11.5 Å². The van der Waals surface area contributed by atoms with Crippen LogP contribution in [0, 0.1) is 18.3 Å².